The predicted octanol–water partition coefficient (Wildman–Crippen LogP) is 4.22. The van der Waals surface area contributed by atoms with Crippen LogP contribution in [0.4, 0.5) is 14.5 Å². The van der Waals surface area contributed by atoms with E-state index >= 15 is 0 Å². The summed E-state index contributed by atoms with van der Waals surface area (Å²) in [6, 6.07) is 15.7. The van der Waals surface area contributed by atoms with E-state index in [0.717, 1.165) is 17.7 Å². The van der Waals surface area contributed by atoms with E-state index in [9.17, 15) is 23.2 Å². The summed E-state index contributed by atoms with van der Waals surface area (Å²) in [7, 11) is 0. The molecule has 186 valence electrons. The van der Waals surface area contributed by atoms with Gasteiger partial charge >= 0.3 is 0 Å². The minimum absolute atomic E-state index is 0.00169. The molecular formula is C27H24F2N2O5. The van der Waals surface area contributed by atoms with Crippen LogP contribution in [0.25, 0.3) is 0 Å². The second-order valence-electron chi connectivity index (χ2n) is 8.34. The molecule has 4 rings (SSSR count). The molecule has 3 aromatic rings. The molecule has 0 aliphatic carbocycles. The Balaban J connectivity index is 1.50. The quantitative estimate of drug-likeness (QED) is 0.474. The van der Waals surface area contributed by atoms with Gasteiger partial charge in [0.25, 0.3) is 5.91 Å². The number of amides is 2. The first-order valence-corrected chi connectivity index (χ1v) is 11.3. The smallest absolute Gasteiger partial charge is 0.265 e. The van der Waals surface area contributed by atoms with Crippen LogP contribution in [0.1, 0.15) is 35.8 Å². The van der Waals surface area contributed by atoms with Crippen molar-refractivity contribution in [3.63, 3.8) is 0 Å². The van der Waals surface area contributed by atoms with Gasteiger partial charge in [-0.15, -0.1) is 0 Å². The summed E-state index contributed by atoms with van der Waals surface area (Å²) in [5.41, 5.74) is 1.39. The molecule has 0 saturated heterocycles. The normalized spacial score (nSPS) is 14.3. The van der Waals surface area contributed by atoms with E-state index in [4.69, 9.17) is 9.47 Å². The zero-order valence-electron chi connectivity index (χ0n) is 19.7. The van der Waals surface area contributed by atoms with Gasteiger partial charge in [0.15, 0.2) is 30.6 Å². The first-order valence-electron chi connectivity index (χ1n) is 11.3. The van der Waals surface area contributed by atoms with Gasteiger partial charge in [0.05, 0.1) is 11.7 Å². The highest BCUT2D eigenvalue weighted by molar-refractivity contribution is 6.06. The molecule has 2 amide bonds. The van der Waals surface area contributed by atoms with Crippen LogP contribution in [0.15, 0.2) is 66.7 Å². The Kier molecular flexibility index (Phi) is 7.28. The van der Waals surface area contributed by atoms with Gasteiger partial charge in [-0.1, -0.05) is 30.3 Å². The standard InChI is InChI=1S/C27H24F2N2O5/c1-16(18-6-4-3-5-7-18)30-27(34)17(2)31-23-12-19(8-11-25(23)36-15-26(31)33)24(32)14-35-20-9-10-21(28)22(29)13-20/h3-13,16-17H,14-15H2,1-2H3,(H,30,34). The van der Waals surface area contributed by atoms with E-state index in [2.05, 4.69) is 5.32 Å². The Morgan fingerprint density at radius 2 is 1.78 bits per heavy atom. The Labute approximate surface area is 206 Å². The third-order valence-electron chi connectivity index (χ3n) is 5.85. The molecule has 0 fully saturated rings. The second-order valence-corrected chi connectivity index (χ2v) is 8.34. The topological polar surface area (TPSA) is 84.9 Å². The molecular weight excluding hydrogens is 470 g/mol. The fourth-order valence-electron chi connectivity index (χ4n) is 3.84. The maximum atomic E-state index is 13.4. The molecule has 1 heterocycles. The molecule has 9 heteroatoms. The minimum atomic E-state index is -1.09. The second kappa shape index (κ2) is 10.6. The molecule has 0 saturated carbocycles. The number of rotatable bonds is 8. The van der Waals surface area contributed by atoms with Gasteiger partial charge in [-0.25, -0.2) is 8.78 Å². The van der Waals surface area contributed by atoms with Gasteiger partial charge in [-0.05, 0) is 49.7 Å². The summed E-state index contributed by atoms with van der Waals surface area (Å²) < 4.78 is 37.3. The van der Waals surface area contributed by atoms with Crippen molar-refractivity contribution in [2.45, 2.75) is 25.9 Å². The van der Waals surface area contributed by atoms with E-state index in [1.807, 2.05) is 37.3 Å². The summed E-state index contributed by atoms with van der Waals surface area (Å²) in [4.78, 5) is 39.8. The molecule has 0 spiro atoms. The zero-order valence-corrected chi connectivity index (χ0v) is 19.7. The van der Waals surface area contributed by atoms with Crippen LogP contribution in [0.2, 0.25) is 0 Å². The maximum absolute atomic E-state index is 13.4. The summed E-state index contributed by atoms with van der Waals surface area (Å²) in [5.74, 6) is -3.03. The van der Waals surface area contributed by atoms with Gasteiger partial charge in [0.1, 0.15) is 17.5 Å². The number of nitrogens with zero attached hydrogens (tertiary/aromatic N) is 1. The summed E-state index contributed by atoms with van der Waals surface area (Å²) >= 11 is 0. The van der Waals surface area contributed by atoms with Crippen LogP contribution >= 0.6 is 0 Å². The van der Waals surface area contributed by atoms with Crippen molar-refractivity contribution >= 4 is 23.3 Å². The average molecular weight is 494 g/mol. The van der Waals surface area contributed by atoms with E-state index < -0.39 is 36.0 Å². The van der Waals surface area contributed by atoms with Crippen molar-refractivity contribution in [2.75, 3.05) is 18.1 Å². The largest absolute Gasteiger partial charge is 0.485 e. The van der Waals surface area contributed by atoms with Gasteiger partial charge in [0, 0.05) is 11.6 Å². The monoisotopic (exact) mass is 494 g/mol. The minimum Gasteiger partial charge on any atom is -0.485 e. The number of Topliss-reactive ketones (excluding diaryl/α,β-unsaturated/α-hetero) is 1. The summed E-state index contributed by atoms with van der Waals surface area (Å²) in [6.45, 7) is 2.76. The molecule has 0 aromatic heterocycles. The number of halogens is 2. The Hall–Kier alpha value is -4.27. The molecule has 0 radical (unpaired) electrons. The van der Waals surface area contributed by atoms with Crippen LogP contribution in [-0.4, -0.2) is 36.9 Å². The number of carbonyl (C=O) groups excluding carboxylic acids is 3. The number of nitrogens with one attached hydrogen (secondary N) is 1. The number of fused-ring (bicyclic) bond motifs is 1. The van der Waals surface area contributed by atoms with E-state index in [1.165, 1.54) is 29.2 Å². The maximum Gasteiger partial charge on any atom is 0.265 e. The first kappa shape index (κ1) is 24.8. The lowest BCUT2D eigenvalue weighted by Crippen LogP contribution is -2.51. The summed E-state index contributed by atoms with van der Waals surface area (Å²) in [5, 5.41) is 2.91. The highest BCUT2D eigenvalue weighted by Crippen LogP contribution is 2.34. The van der Waals surface area contributed by atoms with E-state index in [-0.39, 0.29) is 35.6 Å². The molecule has 36 heavy (non-hydrogen) atoms. The van der Waals surface area contributed by atoms with Crippen molar-refractivity contribution in [1.82, 2.24) is 5.32 Å². The number of anilines is 1. The molecule has 1 N–H and O–H groups in total. The number of ketones is 1. The van der Waals surface area contributed by atoms with Crippen LogP contribution in [0, 0.1) is 11.6 Å². The molecule has 1 aliphatic rings. The van der Waals surface area contributed by atoms with E-state index in [1.54, 1.807) is 6.92 Å². The average Bonchev–Trinajstić information content (AvgIpc) is 2.88. The van der Waals surface area contributed by atoms with Crippen LogP contribution in [0.5, 0.6) is 11.5 Å². The molecule has 3 aromatic carbocycles. The Morgan fingerprint density at radius 3 is 2.50 bits per heavy atom. The van der Waals surface area contributed by atoms with Crippen molar-refractivity contribution in [3.05, 3.63) is 89.5 Å². The van der Waals surface area contributed by atoms with Gasteiger partial charge in [-0.2, -0.15) is 0 Å². The number of hydrogen-bond donors (Lipinski definition) is 1. The third-order valence-corrected chi connectivity index (χ3v) is 5.85. The zero-order chi connectivity index (χ0) is 25.8. The molecule has 2 atom stereocenters. The lowest BCUT2D eigenvalue weighted by molar-refractivity contribution is -0.127. The van der Waals surface area contributed by atoms with Crippen LogP contribution < -0.4 is 19.7 Å². The number of hydrogen-bond acceptors (Lipinski definition) is 5. The van der Waals surface area contributed by atoms with Crippen LogP contribution in [0.3, 0.4) is 0 Å². The fraction of sp³-hybridized carbons (Fsp3) is 0.222. The van der Waals surface area contributed by atoms with Gasteiger partial charge in [0.2, 0.25) is 5.91 Å². The summed E-state index contributed by atoms with van der Waals surface area (Å²) in [6.07, 6.45) is 0. The Morgan fingerprint density at radius 1 is 1.03 bits per heavy atom. The number of carbonyl (C=O) groups is 3. The lowest BCUT2D eigenvalue weighted by Gasteiger charge is -2.34. The van der Waals surface area contributed by atoms with Crippen molar-refractivity contribution in [3.8, 4) is 11.5 Å². The first-order chi connectivity index (χ1) is 17.2. The SMILES string of the molecule is CC(NC(=O)C(C)N1C(=O)COc2ccc(C(=O)COc3ccc(F)c(F)c3)cc21)c1ccccc1. The molecule has 1 aliphatic heterocycles. The number of benzene rings is 3. The van der Waals surface area contributed by atoms with E-state index in [0.29, 0.717) is 5.75 Å². The predicted molar refractivity (Wildman–Crippen MR) is 128 cm³/mol. The Bertz CT molecular complexity index is 1300. The van der Waals surface area contributed by atoms with Crippen molar-refractivity contribution in [2.24, 2.45) is 0 Å². The van der Waals surface area contributed by atoms with Gasteiger partial charge < -0.3 is 14.8 Å². The fourth-order valence-corrected chi connectivity index (χ4v) is 3.84. The van der Waals surface area contributed by atoms with Crippen LogP contribution in [-0.2, 0) is 9.59 Å². The third kappa shape index (κ3) is 5.35. The van der Waals surface area contributed by atoms with Crippen molar-refractivity contribution < 1.29 is 32.6 Å². The molecule has 7 nitrogen and oxygen atoms in total. The highest BCUT2D eigenvalue weighted by atomic mass is 19.2. The van der Waals surface area contributed by atoms with Crippen molar-refractivity contribution in [1.29, 1.82) is 0 Å². The highest BCUT2D eigenvalue weighted by Gasteiger charge is 2.34. The molecule has 2 unspecified atom stereocenters. The lowest BCUT2D eigenvalue weighted by atomic mass is 10.1. The molecule has 0 bridgehead atoms. The van der Waals surface area contributed by atoms with Gasteiger partial charge in [-0.3, -0.25) is 19.3 Å². The number of ether oxygens (including phenoxy) is 2.